The fraction of sp³-hybridized carbons (Fsp3) is 0.278. The Bertz CT molecular complexity index is 759. The van der Waals surface area contributed by atoms with Crippen LogP contribution in [0.2, 0.25) is 0 Å². The van der Waals surface area contributed by atoms with Gasteiger partial charge in [0.15, 0.2) is 11.9 Å². The summed E-state index contributed by atoms with van der Waals surface area (Å²) < 4.78 is 10.4. The molecule has 0 fully saturated rings. The number of anilines is 1. The van der Waals surface area contributed by atoms with Gasteiger partial charge >= 0.3 is 5.69 Å². The van der Waals surface area contributed by atoms with Gasteiger partial charge in [0.25, 0.3) is 5.91 Å². The van der Waals surface area contributed by atoms with Crippen LogP contribution in [-0.4, -0.2) is 24.0 Å². The normalized spacial score (nSPS) is 11.5. The average Bonchev–Trinajstić information content (AvgIpc) is 2.62. The predicted octanol–water partition coefficient (Wildman–Crippen LogP) is 3.57. The molecule has 7 heteroatoms. The molecular formula is C18H20N2O5. The van der Waals surface area contributed by atoms with Gasteiger partial charge in [-0.25, -0.2) is 0 Å². The van der Waals surface area contributed by atoms with E-state index in [1.807, 2.05) is 19.1 Å². The van der Waals surface area contributed by atoms with E-state index in [1.54, 1.807) is 12.1 Å². The molecule has 0 spiro atoms. The molecule has 2 rings (SSSR count). The van der Waals surface area contributed by atoms with Gasteiger partial charge in [0.1, 0.15) is 5.75 Å². The highest BCUT2D eigenvalue weighted by molar-refractivity contribution is 5.94. The second kappa shape index (κ2) is 8.14. The van der Waals surface area contributed by atoms with Gasteiger partial charge < -0.3 is 14.8 Å². The third-order valence-electron chi connectivity index (χ3n) is 3.67. The number of nitrogens with one attached hydrogen (secondary N) is 1. The lowest BCUT2D eigenvalue weighted by Gasteiger charge is -2.15. The number of carbonyl (C=O) groups excluding carboxylic acids is 1. The summed E-state index contributed by atoms with van der Waals surface area (Å²) in [6.45, 7) is 3.58. The van der Waals surface area contributed by atoms with Crippen LogP contribution in [0.5, 0.6) is 11.5 Å². The lowest BCUT2D eigenvalue weighted by molar-refractivity contribution is -0.386. The zero-order chi connectivity index (χ0) is 18.4. The molecule has 7 nitrogen and oxygen atoms in total. The maximum absolute atomic E-state index is 12.2. The standard InChI is InChI=1S/C18H20N2O5/c1-4-13-5-7-14(8-6-13)19-18(21)12(2)25-17-10-9-15(24-3)11-16(17)20(22)23/h5-12H,4H2,1-3H3,(H,19,21)/t12-/m0/s1. The van der Waals surface area contributed by atoms with Gasteiger partial charge in [-0.1, -0.05) is 19.1 Å². The van der Waals surface area contributed by atoms with Gasteiger partial charge in [-0.05, 0) is 43.2 Å². The molecule has 0 saturated carbocycles. The van der Waals surface area contributed by atoms with E-state index in [4.69, 9.17) is 9.47 Å². The van der Waals surface area contributed by atoms with Crippen LogP contribution in [0.3, 0.4) is 0 Å². The monoisotopic (exact) mass is 344 g/mol. The number of nitrogens with zero attached hydrogens (tertiary/aromatic N) is 1. The van der Waals surface area contributed by atoms with Gasteiger partial charge in [-0.2, -0.15) is 0 Å². The van der Waals surface area contributed by atoms with Crippen molar-refractivity contribution in [3.63, 3.8) is 0 Å². The molecule has 25 heavy (non-hydrogen) atoms. The summed E-state index contributed by atoms with van der Waals surface area (Å²) in [5.74, 6) is -0.0451. The second-order valence-corrected chi connectivity index (χ2v) is 5.39. The maximum atomic E-state index is 12.2. The van der Waals surface area contributed by atoms with Crippen LogP contribution in [0.1, 0.15) is 19.4 Å². The van der Waals surface area contributed by atoms with E-state index in [0.717, 1.165) is 12.0 Å². The Kier molecular flexibility index (Phi) is 5.94. The average molecular weight is 344 g/mol. The molecule has 0 aliphatic carbocycles. The summed E-state index contributed by atoms with van der Waals surface area (Å²) in [5.41, 5.74) is 1.55. The van der Waals surface area contributed by atoms with Gasteiger partial charge in [-0.3, -0.25) is 14.9 Å². The summed E-state index contributed by atoms with van der Waals surface area (Å²) in [7, 11) is 1.42. The summed E-state index contributed by atoms with van der Waals surface area (Å²) >= 11 is 0. The quantitative estimate of drug-likeness (QED) is 0.612. The Morgan fingerprint density at radius 2 is 1.92 bits per heavy atom. The highest BCUT2D eigenvalue weighted by Gasteiger charge is 2.22. The minimum absolute atomic E-state index is 0.00906. The molecule has 0 heterocycles. The highest BCUT2D eigenvalue weighted by atomic mass is 16.6. The molecule has 0 aliphatic rings. The molecule has 0 radical (unpaired) electrons. The number of amides is 1. The Morgan fingerprint density at radius 1 is 1.24 bits per heavy atom. The van der Waals surface area contributed by atoms with Crippen molar-refractivity contribution in [1.82, 2.24) is 0 Å². The van der Waals surface area contributed by atoms with Crippen LogP contribution in [0.4, 0.5) is 11.4 Å². The van der Waals surface area contributed by atoms with Crippen molar-refractivity contribution < 1.29 is 19.2 Å². The molecule has 2 aromatic rings. The van der Waals surface area contributed by atoms with E-state index < -0.39 is 16.9 Å². The predicted molar refractivity (Wildman–Crippen MR) is 94.2 cm³/mol. The van der Waals surface area contributed by atoms with Crippen molar-refractivity contribution in [2.45, 2.75) is 26.4 Å². The summed E-state index contributed by atoms with van der Waals surface area (Å²) in [6.07, 6.45) is 0.00691. The molecular weight excluding hydrogens is 324 g/mol. The smallest absolute Gasteiger partial charge is 0.314 e. The van der Waals surface area contributed by atoms with Crippen LogP contribution in [0, 0.1) is 10.1 Å². The molecule has 0 aliphatic heterocycles. The number of methoxy groups -OCH3 is 1. The van der Waals surface area contributed by atoms with Crippen molar-refractivity contribution in [2.24, 2.45) is 0 Å². The van der Waals surface area contributed by atoms with Crippen molar-refractivity contribution in [3.8, 4) is 11.5 Å². The fourth-order valence-corrected chi connectivity index (χ4v) is 2.18. The highest BCUT2D eigenvalue weighted by Crippen LogP contribution is 2.31. The second-order valence-electron chi connectivity index (χ2n) is 5.39. The third-order valence-corrected chi connectivity index (χ3v) is 3.67. The number of ether oxygens (including phenoxy) is 2. The molecule has 1 atom stereocenters. The Labute approximate surface area is 145 Å². The number of rotatable bonds is 7. The molecule has 0 saturated heterocycles. The zero-order valence-corrected chi connectivity index (χ0v) is 14.3. The van der Waals surface area contributed by atoms with Crippen molar-refractivity contribution in [3.05, 3.63) is 58.1 Å². The first-order valence-corrected chi connectivity index (χ1v) is 7.83. The Morgan fingerprint density at radius 3 is 2.48 bits per heavy atom. The van der Waals surface area contributed by atoms with Crippen LogP contribution >= 0.6 is 0 Å². The lowest BCUT2D eigenvalue weighted by Crippen LogP contribution is -2.30. The summed E-state index contributed by atoms with van der Waals surface area (Å²) in [6, 6.07) is 11.7. The fourth-order valence-electron chi connectivity index (χ4n) is 2.18. The van der Waals surface area contributed by atoms with Crippen LogP contribution in [0.15, 0.2) is 42.5 Å². The van der Waals surface area contributed by atoms with Gasteiger partial charge in [-0.15, -0.1) is 0 Å². The Hall–Kier alpha value is -3.09. The minimum atomic E-state index is -0.905. The van der Waals surface area contributed by atoms with Crippen LogP contribution < -0.4 is 14.8 Å². The first kappa shape index (κ1) is 18.3. The number of hydrogen-bond donors (Lipinski definition) is 1. The van der Waals surface area contributed by atoms with Gasteiger partial charge in [0, 0.05) is 5.69 Å². The SMILES string of the molecule is CCc1ccc(NC(=O)[C@H](C)Oc2ccc(OC)cc2[N+](=O)[O-])cc1. The van der Waals surface area contributed by atoms with Crippen molar-refractivity contribution in [2.75, 3.05) is 12.4 Å². The van der Waals surface area contributed by atoms with E-state index in [0.29, 0.717) is 11.4 Å². The first-order valence-electron chi connectivity index (χ1n) is 7.83. The Balaban J connectivity index is 2.08. The lowest BCUT2D eigenvalue weighted by atomic mass is 10.1. The van der Waals surface area contributed by atoms with E-state index in [9.17, 15) is 14.9 Å². The molecule has 132 valence electrons. The van der Waals surface area contributed by atoms with Gasteiger partial charge in [0.05, 0.1) is 18.1 Å². The van der Waals surface area contributed by atoms with E-state index in [2.05, 4.69) is 5.32 Å². The number of nitro benzene ring substituents is 1. The zero-order valence-electron chi connectivity index (χ0n) is 14.3. The van der Waals surface area contributed by atoms with Crippen LogP contribution in [0.25, 0.3) is 0 Å². The number of carbonyl (C=O) groups is 1. The maximum Gasteiger partial charge on any atom is 0.314 e. The number of aryl methyl sites for hydroxylation is 1. The third kappa shape index (κ3) is 4.69. The molecule has 1 N–H and O–H groups in total. The van der Waals surface area contributed by atoms with Crippen molar-refractivity contribution in [1.29, 1.82) is 0 Å². The number of nitro groups is 1. The van der Waals surface area contributed by atoms with E-state index >= 15 is 0 Å². The molecule has 2 aromatic carbocycles. The molecule has 0 aromatic heterocycles. The molecule has 0 bridgehead atoms. The molecule has 0 unspecified atom stereocenters. The van der Waals surface area contributed by atoms with Crippen LogP contribution in [-0.2, 0) is 11.2 Å². The van der Waals surface area contributed by atoms with E-state index in [-0.39, 0.29) is 11.4 Å². The number of hydrogen-bond acceptors (Lipinski definition) is 5. The summed E-state index contributed by atoms with van der Waals surface area (Å²) in [5, 5.41) is 13.9. The minimum Gasteiger partial charge on any atom is -0.496 e. The van der Waals surface area contributed by atoms with E-state index in [1.165, 1.54) is 32.2 Å². The first-order chi connectivity index (χ1) is 11.9. The topological polar surface area (TPSA) is 90.7 Å². The van der Waals surface area contributed by atoms with Crippen molar-refractivity contribution >= 4 is 17.3 Å². The van der Waals surface area contributed by atoms with Gasteiger partial charge in [0.2, 0.25) is 0 Å². The molecule has 1 amide bonds. The largest absolute Gasteiger partial charge is 0.496 e. The number of benzene rings is 2. The summed E-state index contributed by atoms with van der Waals surface area (Å²) in [4.78, 5) is 22.8.